The van der Waals surface area contributed by atoms with Gasteiger partial charge in [0, 0.05) is 19.4 Å². The van der Waals surface area contributed by atoms with Gasteiger partial charge in [0.05, 0.1) is 44.3 Å². The van der Waals surface area contributed by atoms with Crippen molar-refractivity contribution in [2.45, 2.75) is 123 Å². The molecule has 3 atom stereocenters. The minimum Gasteiger partial charge on any atom is -0.547 e. The Morgan fingerprint density at radius 2 is 1.75 bits per heavy atom. The highest BCUT2D eigenvalue weighted by molar-refractivity contribution is 6.73. The summed E-state index contributed by atoms with van der Waals surface area (Å²) in [5.74, 6) is 1.80. The molecule has 0 aliphatic carbocycles. The summed E-state index contributed by atoms with van der Waals surface area (Å²) in [6.45, 7) is 17.6. The van der Waals surface area contributed by atoms with Crippen molar-refractivity contribution in [1.82, 2.24) is 4.90 Å². The second-order valence-corrected chi connectivity index (χ2v) is 17.0. The molecule has 1 amide bonds. The third-order valence-electron chi connectivity index (χ3n) is 7.92. The van der Waals surface area contributed by atoms with Crippen molar-refractivity contribution < 1.29 is 32.9 Å². The van der Waals surface area contributed by atoms with Crippen LogP contribution in [0.1, 0.15) is 73.8 Å². The van der Waals surface area contributed by atoms with E-state index in [4.69, 9.17) is 28.1 Å². The zero-order valence-corrected chi connectivity index (χ0v) is 27.1. The van der Waals surface area contributed by atoms with Crippen molar-refractivity contribution in [3.63, 3.8) is 0 Å². The van der Waals surface area contributed by atoms with E-state index in [1.165, 1.54) is 0 Å². The monoisotopic (exact) mass is 577 g/mol. The molecule has 9 heteroatoms. The van der Waals surface area contributed by atoms with E-state index in [1.807, 2.05) is 58.9 Å². The Bertz CT molecular complexity index is 976. The summed E-state index contributed by atoms with van der Waals surface area (Å²) in [4.78, 5) is 15.1. The summed E-state index contributed by atoms with van der Waals surface area (Å²) >= 11 is 0. The van der Waals surface area contributed by atoms with Crippen molar-refractivity contribution in [1.29, 1.82) is 0 Å². The molecular formula is C31H51NO7Si. The summed E-state index contributed by atoms with van der Waals surface area (Å²) in [6.07, 6.45) is 2.56. The standard InChI is InChI=1S/C31H51NO7Si/c1-10-40(11-2,12-3)39-26-19-25(17-18-35-21-23-13-15-24(34-9)16-14-23)37-28(20-26)27-22-36-31(7,8)32(27)29(33)38-30(4,5)6/h13-16,19,25,27-28H,10-12,17-18,20-22H2,1-9H3/t25-,27+,28-/m1/s1. The lowest BCUT2D eigenvalue weighted by atomic mass is 10.0. The van der Waals surface area contributed by atoms with Gasteiger partial charge < -0.3 is 28.1 Å². The van der Waals surface area contributed by atoms with Gasteiger partial charge in [-0.15, -0.1) is 0 Å². The number of rotatable bonds is 12. The first kappa shape index (κ1) is 32.4. The molecule has 0 N–H and O–H groups in total. The predicted molar refractivity (Wildman–Crippen MR) is 159 cm³/mol. The predicted octanol–water partition coefficient (Wildman–Crippen LogP) is 7.04. The minimum absolute atomic E-state index is 0.189. The number of nitrogens with zero attached hydrogens (tertiary/aromatic N) is 1. The zero-order chi connectivity index (χ0) is 29.6. The van der Waals surface area contributed by atoms with E-state index in [1.54, 1.807) is 12.0 Å². The van der Waals surface area contributed by atoms with Crippen LogP contribution >= 0.6 is 0 Å². The normalized spacial score (nSPS) is 23.1. The number of hydrogen-bond donors (Lipinski definition) is 0. The Hall–Kier alpha value is -2.07. The maximum absolute atomic E-state index is 13.3. The number of benzene rings is 1. The molecule has 0 radical (unpaired) electrons. The van der Waals surface area contributed by atoms with Gasteiger partial charge >= 0.3 is 6.09 Å². The number of methoxy groups -OCH3 is 1. The SMILES string of the molecule is CC[Si](CC)(CC)OC1=C[C@@H](CCOCc2ccc(OC)cc2)O[C@@H]([C@@H]2COC(C)(C)N2C(=O)OC(C)(C)C)C1. The summed E-state index contributed by atoms with van der Waals surface area (Å²) in [5.41, 5.74) is -0.324. The van der Waals surface area contributed by atoms with Crippen LogP contribution in [-0.2, 0) is 30.0 Å². The van der Waals surface area contributed by atoms with Crippen LogP contribution in [-0.4, -0.2) is 69.2 Å². The average molecular weight is 578 g/mol. The van der Waals surface area contributed by atoms with E-state index in [9.17, 15) is 4.79 Å². The molecular weight excluding hydrogens is 526 g/mol. The first-order chi connectivity index (χ1) is 18.8. The molecule has 2 heterocycles. The highest BCUT2D eigenvalue weighted by Gasteiger charge is 2.50. The number of carbonyl (C=O) groups excluding carboxylic acids is 1. The van der Waals surface area contributed by atoms with Gasteiger partial charge in [0.15, 0.2) is 0 Å². The first-order valence-electron chi connectivity index (χ1n) is 14.8. The fourth-order valence-electron chi connectivity index (χ4n) is 5.37. The second kappa shape index (κ2) is 13.7. The summed E-state index contributed by atoms with van der Waals surface area (Å²) in [5, 5.41) is 0. The molecule has 0 aromatic heterocycles. The van der Waals surface area contributed by atoms with Gasteiger partial charge in [0.25, 0.3) is 0 Å². The van der Waals surface area contributed by atoms with Gasteiger partial charge in [-0.1, -0.05) is 32.9 Å². The van der Waals surface area contributed by atoms with Gasteiger partial charge in [-0.2, -0.15) is 0 Å². The molecule has 0 bridgehead atoms. The summed E-state index contributed by atoms with van der Waals surface area (Å²) < 4.78 is 36.7. The minimum atomic E-state index is -1.89. The van der Waals surface area contributed by atoms with Crippen LogP contribution in [0.3, 0.4) is 0 Å². The third kappa shape index (κ3) is 8.47. The lowest BCUT2D eigenvalue weighted by Crippen LogP contribution is -2.55. The molecule has 0 unspecified atom stereocenters. The van der Waals surface area contributed by atoms with Crippen molar-refractivity contribution in [3.8, 4) is 5.75 Å². The Balaban J connectivity index is 1.76. The Morgan fingerprint density at radius 1 is 1.10 bits per heavy atom. The van der Waals surface area contributed by atoms with Crippen LogP contribution in [0.5, 0.6) is 5.75 Å². The van der Waals surface area contributed by atoms with Gasteiger partial charge in [0.1, 0.15) is 17.1 Å². The largest absolute Gasteiger partial charge is 0.547 e. The van der Waals surface area contributed by atoms with E-state index < -0.39 is 19.6 Å². The molecule has 1 aromatic carbocycles. The molecule has 2 aliphatic rings. The van der Waals surface area contributed by atoms with E-state index in [2.05, 4.69) is 26.8 Å². The Labute approximate surface area is 242 Å². The molecule has 0 spiro atoms. The molecule has 8 nitrogen and oxygen atoms in total. The van der Waals surface area contributed by atoms with Crippen LogP contribution in [0.4, 0.5) is 4.79 Å². The van der Waals surface area contributed by atoms with Crippen molar-refractivity contribution in [2.24, 2.45) is 0 Å². The molecule has 2 aliphatic heterocycles. The Morgan fingerprint density at radius 3 is 2.33 bits per heavy atom. The number of carbonyl (C=O) groups is 1. The highest BCUT2D eigenvalue weighted by atomic mass is 28.4. The van der Waals surface area contributed by atoms with Crippen LogP contribution in [0.25, 0.3) is 0 Å². The Kier molecular flexibility index (Phi) is 11.1. The van der Waals surface area contributed by atoms with E-state index >= 15 is 0 Å². The molecule has 226 valence electrons. The maximum Gasteiger partial charge on any atom is 0.412 e. The van der Waals surface area contributed by atoms with E-state index in [0.717, 1.165) is 35.2 Å². The molecule has 1 aromatic rings. The van der Waals surface area contributed by atoms with Crippen molar-refractivity contribution in [3.05, 3.63) is 41.7 Å². The zero-order valence-electron chi connectivity index (χ0n) is 26.1. The molecule has 3 rings (SSSR count). The quantitative estimate of drug-likeness (QED) is 0.195. The summed E-state index contributed by atoms with van der Waals surface area (Å²) in [6, 6.07) is 10.8. The van der Waals surface area contributed by atoms with E-state index in [-0.39, 0.29) is 24.3 Å². The topological polar surface area (TPSA) is 75.7 Å². The van der Waals surface area contributed by atoms with Crippen molar-refractivity contribution >= 4 is 14.4 Å². The van der Waals surface area contributed by atoms with Gasteiger partial charge in [-0.05, 0) is 76.5 Å². The average Bonchev–Trinajstić information content (AvgIpc) is 3.24. The van der Waals surface area contributed by atoms with Crippen LogP contribution in [0, 0.1) is 0 Å². The first-order valence-corrected chi connectivity index (χ1v) is 17.3. The highest BCUT2D eigenvalue weighted by Crippen LogP contribution is 2.37. The second-order valence-electron chi connectivity index (χ2n) is 12.3. The van der Waals surface area contributed by atoms with Crippen LogP contribution in [0.2, 0.25) is 18.1 Å². The summed E-state index contributed by atoms with van der Waals surface area (Å²) in [7, 11) is -0.234. The van der Waals surface area contributed by atoms with Crippen LogP contribution < -0.4 is 4.74 Å². The fraction of sp³-hybridized carbons (Fsp3) is 0.710. The molecule has 0 saturated carbocycles. The van der Waals surface area contributed by atoms with E-state index in [0.29, 0.717) is 32.7 Å². The maximum atomic E-state index is 13.3. The third-order valence-corrected chi connectivity index (χ3v) is 12.5. The number of ether oxygens (including phenoxy) is 5. The van der Waals surface area contributed by atoms with Gasteiger partial charge in [-0.25, -0.2) is 4.79 Å². The molecule has 40 heavy (non-hydrogen) atoms. The smallest absolute Gasteiger partial charge is 0.412 e. The van der Waals surface area contributed by atoms with Crippen molar-refractivity contribution in [2.75, 3.05) is 20.3 Å². The number of amides is 1. The van der Waals surface area contributed by atoms with Gasteiger partial charge in [-0.3, -0.25) is 4.90 Å². The number of hydrogen-bond acceptors (Lipinski definition) is 7. The molecule has 1 fully saturated rings. The lowest BCUT2D eigenvalue weighted by molar-refractivity contribution is -0.0842. The fourth-order valence-corrected chi connectivity index (χ4v) is 8.01. The molecule has 1 saturated heterocycles. The van der Waals surface area contributed by atoms with Crippen LogP contribution in [0.15, 0.2) is 36.1 Å². The lowest BCUT2D eigenvalue weighted by Gasteiger charge is -2.41. The van der Waals surface area contributed by atoms with Gasteiger partial charge in [0.2, 0.25) is 8.32 Å².